The maximum absolute atomic E-state index is 13.4. The molecule has 1 aromatic carbocycles. The number of carbonyl (C=O) groups is 1. The average molecular weight is 432 g/mol. The standard InChI is InChI=1S/C23H17N3O2S2/c1-3-10-26-22(28)19(12-15-7-6-11-29-15)30-23(26)17(13-24)21(27)20-14(2)25-18-9-5-4-8-16(18)20/h3-9,11-12,25H,1,10H2,2H3. The number of rotatable bonds is 5. The van der Waals surface area contributed by atoms with Crippen molar-refractivity contribution in [2.24, 2.45) is 0 Å². The molecule has 4 aromatic rings. The molecule has 148 valence electrons. The molecule has 7 heteroatoms. The molecule has 0 aliphatic heterocycles. The quantitative estimate of drug-likeness (QED) is 0.389. The molecule has 0 saturated carbocycles. The Hall–Kier alpha value is -3.47. The molecule has 0 radical (unpaired) electrons. The van der Waals surface area contributed by atoms with Crippen LogP contribution in [-0.2, 0) is 6.54 Å². The van der Waals surface area contributed by atoms with Crippen LogP contribution in [0.1, 0.15) is 20.9 Å². The van der Waals surface area contributed by atoms with Gasteiger partial charge in [0.05, 0.1) is 10.1 Å². The maximum atomic E-state index is 13.4. The highest BCUT2D eigenvalue weighted by Crippen LogP contribution is 2.24. The van der Waals surface area contributed by atoms with Gasteiger partial charge in [0.25, 0.3) is 5.56 Å². The Kier molecular flexibility index (Phi) is 5.36. The first-order chi connectivity index (χ1) is 14.5. The summed E-state index contributed by atoms with van der Waals surface area (Å²) in [6, 6.07) is 13.3. The van der Waals surface area contributed by atoms with Crippen molar-refractivity contribution in [1.29, 1.82) is 5.26 Å². The van der Waals surface area contributed by atoms with E-state index in [0.29, 0.717) is 20.5 Å². The molecule has 3 aromatic heterocycles. The molecule has 5 nitrogen and oxygen atoms in total. The normalized spacial score (nSPS) is 12.7. The second kappa shape index (κ2) is 8.11. The number of aromatic nitrogens is 2. The third-order valence-corrected chi connectivity index (χ3v) is 6.66. The molecule has 4 rings (SSSR count). The highest BCUT2D eigenvalue weighted by Gasteiger charge is 2.22. The zero-order valence-electron chi connectivity index (χ0n) is 16.1. The highest BCUT2D eigenvalue weighted by atomic mass is 32.1. The lowest BCUT2D eigenvalue weighted by atomic mass is 10.0. The van der Waals surface area contributed by atoms with Gasteiger partial charge in [-0.3, -0.25) is 14.2 Å². The molecule has 1 N–H and O–H groups in total. The van der Waals surface area contributed by atoms with Crippen LogP contribution in [0.5, 0.6) is 0 Å². The van der Waals surface area contributed by atoms with Crippen LogP contribution in [0.2, 0.25) is 0 Å². The predicted octanol–water partition coefficient (Wildman–Crippen LogP) is 3.33. The molecule has 0 fully saturated rings. The van der Waals surface area contributed by atoms with Gasteiger partial charge in [-0.25, -0.2) is 0 Å². The number of H-pyrrole nitrogens is 1. The molecule has 30 heavy (non-hydrogen) atoms. The summed E-state index contributed by atoms with van der Waals surface area (Å²) in [5.41, 5.74) is 1.69. The molecular weight excluding hydrogens is 414 g/mol. The summed E-state index contributed by atoms with van der Waals surface area (Å²) >= 11 is 2.67. The Morgan fingerprint density at radius 2 is 2.10 bits per heavy atom. The number of nitriles is 1. The SMILES string of the molecule is C=CCn1c(=C(C#N)C(=O)c2c(C)[nH]c3ccccc23)sc(=Cc2cccs2)c1=O. The van der Waals surface area contributed by atoms with Crippen molar-refractivity contribution in [1.82, 2.24) is 9.55 Å². The summed E-state index contributed by atoms with van der Waals surface area (Å²) in [7, 11) is 0. The van der Waals surface area contributed by atoms with Crippen LogP contribution >= 0.6 is 22.7 Å². The number of allylic oxidation sites excluding steroid dienone is 1. The van der Waals surface area contributed by atoms with Gasteiger partial charge in [0.1, 0.15) is 16.3 Å². The Labute approximate surface area is 180 Å². The van der Waals surface area contributed by atoms with Crippen LogP contribution in [0.25, 0.3) is 22.6 Å². The number of fused-ring (bicyclic) bond motifs is 1. The molecule has 3 heterocycles. The van der Waals surface area contributed by atoms with E-state index in [1.807, 2.05) is 48.7 Å². The molecular formula is C23H17N3O2S2. The smallest absolute Gasteiger partial charge is 0.269 e. The van der Waals surface area contributed by atoms with Gasteiger partial charge in [-0.05, 0) is 30.5 Å². The maximum Gasteiger partial charge on any atom is 0.269 e. The zero-order valence-corrected chi connectivity index (χ0v) is 17.8. The summed E-state index contributed by atoms with van der Waals surface area (Å²) < 4.78 is 2.27. The van der Waals surface area contributed by atoms with Crippen molar-refractivity contribution in [2.75, 3.05) is 0 Å². The van der Waals surface area contributed by atoms with Gasteiger partial charge in [-0.2, -0.15) is 5.26 Å². The first kappa shape index (κ1) is 19.8. The number of Topliss-reactive ketones (excluding diaryl/α,β-unsaturated/α-hetero) is 1. The van der Waals surface area contributed by atoms with E-state index in [0.717, 1.165) is 27.1 Å². The summed E-state index contributed by atoms with van der Waals surface area (Å²) in [4.78, 5) is 30.5. The number of aryl methyl sites for hydroxylation is 1. The number of aromatic amines is 1. The van der Waals surface area contributed by atoms with Gasteiger partial charge in [-0.15, -0.1) is 29.3 Å². The number of thiazole rings is 1. The van der Waals surface area contributed by atoms with Crippen LogP contribution in [-0.4, -0.2) is 15.3 Å². The van der Waals surface area contributed by atoms with Crippen molar-refractivity contribution in [2.45, 2.75) is 13.5 Å². The average Bonchev–Trinajstić information content (AvgIpc) is 3.43. The Morgan fingerprint density at radius 1 is 1.30 bits per heavy atom. The number of hydrogen-bond acceptors (Lipinski definition) is 5. The van der Waals surface area contributed by atoms with Crippen LogP contribution in [0, 0.1) is 18.3 Å². The molecule has 0 unspecified atom stereocenters. The lowest BCUT2D eigenvalue weighted by molar-refractivity contribution is 0.105. The fourth-order valence-electron chi connectivity index (χ4n) is 3.39. The second-order valence-electron chi connectivity index (χ2n) is 6.62. The topological polar surface area (TPSA) is 78.7 Å². The highest BCUT2D eigenvalue weighted by molar-refractivity contribution is 7.11. The molecule has 0 bridgehead atoms. The van der Waals surface area contributed by atoms with Crippen LogP contribution < -0.4 is 14.8 Å². The van der Waals surface area contributed by atoms with Crippen molar-refractivity contribution < 1.29 is 4.79 Å². The molecule has 0 atom stereocenters. The minimum absolute atomic E-state index is 0.0439. The van der Waals surface area contributed by atoms with E-state index in [9.17, 15) is 14.9 Å². The van der Waals surface area contributed by atoms with Gasteiger partial charge >= 0.3 is 0 Å². The Bertz CT molecular complexity index is 1490. The Balaban J connectivity index is 2.02. The monoisotopic (exact) mass is 431 g/mol. The van der Waals surface area contributed by atoms with Gasteiger partial charge in [-0.1, -0.05) is 30.3 Å². The fourth-order valence-corrected chi connectivity index (χ4v) is 5.22. The van der Waals surface area contributed by atoms with E-state index in [1.165, 1.54) is 15.9 Å². The number of thiophene rings is 1. The van der Waals surface area contributed by atoms with Gasteiger partial charge in [0.2, 0.25) is 5.78 Å². The number of ketones is 1. The third kappa shape index (κ3) is 3.36. The van der Waals surface area contributed by atoms with E-state index >= 15 is 0 Å². The molecule has 0 spiro atoms. The van der Waals surface area contributed by atoms with E-state index in [-0.39, 0.29) is 17.7 Å². The number of carbonyl (C=O) groups excluding carboxylic acids is 1. The minimum atomic E-state index is -0.394. The van der Waals surface area contributed by atoms with E-state index in [1.54, 1.807) is 12.2 Å². The fraction of sp³-hybridized carbons (Fsp3) is 0.0870. The second-order valence-corrected chi connectivity index (χ2v) is 8.63. The lowest BCUT2D eigenvalue weighted by Crippen LogP contribution is -2.32. The Morgan fingerprint density at radius 3 is 2.80 bits per heavy atom. The van der Waals surface area contributed by atoms with Crippen LogP contribution in [0.15, 0.2) is 59.2 Å². The number of nitrogens with zero attached hydrogens (tertiary/aromatic N) is 2. The number of benzene rings is 1. The minimum Gasteiger partial charge on any atom is -0.358 e. The van der Waals surface area contributed by atoms with Crippen LogP contribution in [0.3, 0.4) is 0 Å². The summed E-state index contributed by atoms with van der Waals surface area (Å²) in [6.45, 7) is 5.74. The van der Waals surface area contributed by atoms with Gasteiger partial charge in [0.15, 0.2) is 0 Å². The summed E-state index contributed by atoms with van der Waals surface area (Å²) in [6.07, 6.45) is 3.38. The van der Waals surface area contributed by atoms with Crippen LogP contribution in [0.4, 0.5) is 0 Å². The largest absolute Gasteiger partial charge is 0.358 e. The van der Waals surface area contributed by atoms with E-state index < -0.39 is 5.78 Å². The first-order valence-corrected chi connectivity index (χ1v) is 10.9. The van der Waals surface area contributed by atoms with E-state index in [2.05, 4.69) is 17.6 Å². The number of hydrogen-bond donors (Lipinski definition) is 1. The lowest BCUT2D eigenvalue weighted by Gasteiger charge is -2.02. The summed E-state index contributed by atoms with van der Waals surface area (Å²) in [5.74, 6) is -0.394. The van der Waals surface area contributed by atoms with Crippen molar-refractivity contribution in [3.8, 4) is 6.07 Å². The van der Waals surface area contributed by atoms with E-state index in [4.69, 9.17) is 0 Å². The number of nitrogens with one attached hydrogen (secondary N) is 1. The molecule has 0 amide bonds. The summed E-state index contributed by atoms with van der Waals surface area (Å²) in [5, 5.41) is 12.6. The van der Waals surface area contributed by atoms with Crippen molar-refractivity contribution >= 4 is 51.0 Å². The molecule has 0 aliphatic rings. The predicted molar refractivity (Wildman–Crippen MR) is 122 cm³/mol. The number of para-hydroxylation sites is 1. The molecule has 0 aliphatic carbocycles. The van der Waals surface area contributed by atoms with Crippen molar-refractivity contribution in [3.05, 3.63) is 90.1 Å². The molecule has 0 saturated heterocycles. The van der Waals surface area contributed by atoms with Gasteiger partial charge in [0, 0.05) is 28.0 Å². The first-order valence-electron chi connectivity index (χ1n) is 9.17. The zero-order chi connectivity index (χ0) is 21.3. The van der Waals surface area contributed by atoms with Gasteiger partial charge < -0.3 is 4.98 Å². The van der Waals surface area contributed by atoms with Crippen molar-refractivity contribution in [3.63, 3.8) is 0 Å². The third-order valence-electron chi connectivity index (χ3n) is 4.71.